The molecule has 0 atom stereocenters. The van der Waals surface area contributed by atoms with Gasteiger partial charge in [0.05, 0.1) is 16.8 Å². The molecule has 0 unspecified atom stereocenters. The van der Waals surface area contributed by atoms with Gasteiger partial charge in [-0.3, -0.25) is 4.98 Å². The number of pyridine rings is 1. The van der Waals surface area contributed by atoms with E-state index in [0.29, 0.717) is 11.3 Å². The Hall–Kier alpha value is -4.07. The summed E-state index contributed by atoms with van der Waals surface area (Å²) in [4.78, 5) is 29.5. The lowest BCUT2D eigenvalue weighted by molar-refractivity contribution is 0.0461. The minimum atomic E-state index is -0.500. The third kappa shape index (κ3) is 4.33. The number of hydrogen-bond acceptors (Lipinski definition) is 8. The summed E-state index contributed by atoms with van der Waals surface area (Å²) < 4.78 is 5.42. The average Bonchev–Trinajstić information content (AvgIpc) is 2.72. The molecule has 0 bridgehead atoms. The predicted molar refractivity (Wildman–Crippen MR) is 114 cm³/mol. The van der Waals surface area contributed by atoms with Gasteiger partial charge in [-0.25, -0.2) is 4.79 Å². The van der Waals surface area contributed by atoms with E-state index in [0.717, 1.165) is 22.2 Å². The Morgan fingerprint density at radius 1 is 1.00 bits per heavy atom. The fourth-order valence-electron chi connectivity index (χ4n) is 3.02. The Morgan fingerprint density at radius 3 is 2.60 bits per heavy atom. The first-order valence-electron chi connectivity index (χ1n) is 9.35. The van der Waals surface area contributed by atoms with Crippen LogP contribution in [0, 0.1) is 13.8 Å². The lowest BCUT2D eigenvalue weighted by atomic mass is 10.1. The van der Waals surface area contributed by atoms with Crippen LogP contribution >= 0.6 is 0 Å². The number of carbonyl (C=O) groups excluding carboxylic acids is 1. The number of hydrogen-bond donors (Lipinski definition) is 2. The number of benzene rings is 2. The Morgan fingerprint density at radius 2 is 1.80 bits per heavy atom. The number of para-hydroxylation sites is 1. The van der Waals surface area contributed by atoms with Crippen LogP contribution in [0.4, 0.5) is 17.6 Å². The van der Waals surface area contributed by atoms with Crippen LogP contribution in [-0.4, -0.2) is 25.9 Å². The topological polar surface area (TPSA) is 116 Å². The number of nitrogens with two attached hydrogens (primary N) is 1. The van der Waals surface area contributed by atoms with Gasteiger partial charge >= 0.3 is 5.97 Å². The van der Waals surface area contributed by atoms with E-state index in [1.165, 1.54) is 0 Å². The zero-order valence-corrected chi connectivity index (χ0v) is 16.6. The van der Waals surface area contributed by atoms with Crippen molar-refractivity contribution in [3.8, 4) is 0 Å². The first-order valence-corrected chi connectivity index (χ1v) is 9.35. The third-order valence-electron chi connectivity index (χ3n) is 4.44. The molecular formula is C22H20N6O2. The van der Waals surface area contributed by atoms with Crippen molar-refractivity contribution in [2.24, 2.45) is 0 Å². The van der Waals surface area contributed by atoms with Gasteiger partial charge in [0.1, 0.15) is 0 Å². The minimum Gasteiger partial charge on any atom is -0.454 e. The maximum Gasteiger partial charge on any atom is 0.340 e. The van der Waals surface area contributed by atoms with Crippen molar-refractivity contribution in [3.63, 3.8) is 0 Å². The second kappa shape index (κ2) is 8.12. The Bertz CT molecular complexity index is 1230. The number of anilines is 3. The van der Waals surface area contributed by atoms with Crippen molar-refractivity contribution in [1.29, 1.82) is 0 Å². The predicted octanol–water partition coefficient (Wildman–Crippen LogP) is 3.72. The molecule has 3 N–H and O–H groups in total. The number of nitrogens with one attached hydrogen (secondary N) is 1. The van der Waals surface area contributed by atoms with Gasteiger partial charge in [-0.1, -0.05) is 29.8 Å². The molecule has 2 aromatic carbocycles. The van der Waals surface area contributed by atoms with Gasteiger partial charge in [-0.15, -0.1) is 0 Å². The maximum absolute atomic E-state index is 12.6. The summed E-state index contributed by atoms with van der Waals surface area (Å²) in [6, 6.07) is 17.1. The summed E-state index contributed by atoms with van der Waals surface area (Å²) in [6.45, 7) is 3.63. The third-order valence-corrected chi connectivity index (χ3v) is 4.44. The molecular weight excluding hydrogens is 380 g/mol. The largest absolute Gasteiger partial charge is 0.454 e. The highest BCUT2D eigenvalue weighted by Crippen LogP contribution is 2.19. The van der Waals surface area contributed by atoms with E-state index < -0.39 is 5.97 Å². The maximum atomic E-state index is 12.6. The summed E-state index contributed by atoms with van der Waals surface area (Å²) >= 11 is 0. The highest BCUT2D eigenvalue weighted by molar-refractivity contribution is 5.95. The SMILES string of the molecule is Cc1ccc2nc(C)c(C(=O)OCc3nc(N)nc(Nc4ccccc4)n3)cc2c1. The Balaban J connectivity index is 1.51. The van der Waals surface area contributed by atoms with Crippen molar-refractivity contribution in [3.05, 3.63) is 77.2 Å². The molecule has 8 heteroatoms. The number of nitrogen functional groups attached to an aromatic ring is 1. The molecule has 0 amide bonds. The number of nitrogens with zero attached hydrogens (tertiary/aromatic N) is 4. The quantitative estimate of drug-likeness (QED) is 0.487. The van der Waals surface area contributed by atoms with Crippen LogP contribution in [0.1, 0.15) is 27.4 Å². The minimum absolute atomic E-state index is 0.0357. The highest BCUT2D eigenvalue weighted by atomic mass is 16.5. The smallest absolute Gasteiger partial charge is 0.340 e. The summed E-state index contributed by atoms with van der Waals surface area (Å²) in [7, 11) is 0. The van der Waals surface area contributed by atoms with E-state index >= 15 is 0 Å². The average molecular weight is 400 g/mol. The molecule has 150 valence electrons. The number of carbonyl (C=O) groups is 1. The van der Waals surface area contributed by atoms with E-state index in [-0.39, 0.29) is 24.3 Å². The van der Waals surface area contributed by atoms with E-state index in [2.05, 4.69) is 25.3 Å². The van der Waals surface area contributed by atoms with Crippen molar-refractivity contribution in [2.45, 2.75) is 20.5 Å². The van der Waals surface area contributed by atoms with Crippen LogP contribution in [0.15, 0.2) is 54.6 Å². The first-order chi connectivity index (χ1) is 14.5. The first kappa shape index (κ1) is 19.3. The van der Waals surface area contributed by atoms with Crippen LogP contribution in [0.2, 0.25) is 0 Å². The van der Waals surface area contributed by atoms with E-state index in [4.69, 9.17) is 10.5 Å². The molecule has 0 aliphatic carbocycles. The van der Waals surface area contributed by atoms with Gasteiger partial charge in [0.15, 0.2) is 12.4 Å². The van der Waals surface area contributed by atoms with Gasteiger partial charge in [-0.2, -0.15) is 15.0 Å². The molecule has 0 aliphatic heterocycles. The van der Waals surface area contributed by atoms with Crippen molar-refractivity contribution >= 4 is 34.5 Å². The molecule has 0 radical (unpaired) electrons. The normalized spacial score (nSPS) is 10.7. The van der Waals surface area contributed by atoms with Crippen LogP contribution in [0.5, 0.6) is 0 Å². The molecule has 30 heavy (non-hydrogen) atoms. The molecule has 2 aromatic heterocycles. The number of fused-ring (bicyclic) bond motifs is 1. The van der Waals surface area contributed by atoms with Crippen LogP contribution in [0.3, 0.4) is 0 Å². The molecule has 0 spiro atoms. The zero-order valence-electron chi connectivity index (χ0n) is 16.6. The molecule has 0 saturated heterocycles. The molecule has 4 rings (SSSR count). The number of ether oxygens (including phenoxy) is 1. The molecule has 4 aromatic rings. The molecule has 8 nitrogen and oxygen atoms in total. The van der Waals surface area contributed by atoms with Gasteiger partial charge in [0, 0.05) is 11.1 Å². The second-order valence-electron chi connectivity index (χ2n) is 6.82. The Labute approximate surface area is 173 Å². The van der Waals surface area contributed by atoms with Gasteiger partial charge in [-0.05, 0) is 44.2 Å². The van der Waals surface area contributed by atoms with Crippen LogP contribution in [-0.2, 0) is 11.3 Å². The van der Waals surface area contributed by atoms with E-state index in [1.807, 2.05) is 55.5 Å². The molecule has 0 aliphatic rings. The number of aromatic nitrogens is 4. The highest BCUT2D eigenvalue weighted by Gasteiger charge is 2.15. The summed E-state index contributed by atoms with van der Waals surface area (Å²) in [5.41, 5.74) is 9.50. The monoisotopic (exact) mass is 400 g/mol. The standard InChI is InChI=1S/C22H20N6O2/c1-13-8-9-18-15(10-13)11-17(14(2)24-18)20(29)30-12-19-26-21(23)28-22(27-19)25-16-6-4-3-5-7-16/h3-11H,12H2,1-2H3,(H3,23,25,26,27,28). The van der Waals surface area contributed by atoms with Gasteiger partial charge in [0.2, 0.25) is 11.9 Å². The fourth-order valence-corrected chi connectivity index (χ4v) is 3.02. The molecule has 0 fully saturated rings. The number of rotatable bonds is 5. The fraction of sp³-hybridized carbons (Fsp3) is 0.136. The van der Waals surface area contributed by atoms with Gasteiger partial charge < -0.3 is 15.8 Å². The van der Waals surface area contributed by atoms with Gasteiger partial charge in [0.25, 0.3) is 0 Å². The molecule has 0 saturated carbocycles. The Kier molecular flexibility index (Phi) is 5.21. The van der Waals surface area contributed by atoms with Crippen LogP contribution < -0.4 is 11.1 Å². The van der Waals surface area contributed by atoms with E-state index in [9.17, 15) is 4.79 Å². The summed E-state index contributed by atoms with van der Waals surface area (Å²) in [5, 5.41) is 3.93. The zero-order chi connectivity index (χ0) is 21.1. The number of aryl methyl sites for hydroxylation is 2. The lowest BCUT2D eigenvalue weighted by Crippen LogP contribution is -2.12. The van der Waals surface area contributed by atoms with Crippen molar-refractivity contribution in [2.75, 3.05) is 11.1 Å². The number of esters is 1. The summed E-state index contributed by atoms with van der Waals surface area (Å²) in [5.74, 6) is 0.0590. The lowest BCUT2D eigenvalue weighted by Gasteiger charge is -2.10. The van der Waals surface area contributed by atoms with Crippen molar-refractivity contribution < 1.29 is 9.53 Å². The summed E-state index contributed by atoms with van der Waals surface area (Å²) in [6.07, 6.45) is 0. The van der Waals surface area contributed by atoms with Crippen LogP contribution in [0.25, 0.3) is 10.9 Å². The van der Waals surface area contributed by atoms with Crippen molar-refractivity contribution in [1.82, 2.24) is 19.9 Å². The molecule has 2 heterocycles. The second-order valence-corrected chi connectivity index (χ2v) is 6.82. The van der Waals surface area contributed by atoms with E-state index in [1.54, 1.807) is 13.0 Å².